The molecule has 1 saturated heterocycles. The van der Waals surface area contributed by atoms with E-state index in [4.69, 9.17) is 0 Å². The van der Waals surface area contributed by atoms with Crippen molar-refractivity contribution in [3.63, 3.8) is 0 Å². The van der Waals surface area contributed by atoms with Crippen molar-refractivity contribution in [2.75, 3.05) is 24.5 Å². The van der Waals surface area contributed by atoms with Gasteiger partial charge in [0.05, 0.1) is 0 Å². The number of carbonyl (C=O) groups excluding carboxylic acids is 2. The molecule has 3 heterocycles. The molecule has 3 aromatic rings. The van der Waals surface area contributed by atoms with Gasteiger partial charge in [-0.1, -0.05) is 56.7 Å². The number of nitrogens with zero attached hydrogens (tertiary/aromatic N) is 4. The predicted molar refractivity (Wildman–Crippen MR) is 145 cm³/mol. The van der Waals surface area contributed by atoms with E-state index in [-0.39, 0.29) is 11.8 Å². The van der Waals surface area contributed by atoms with Crippen LogP contribution in [-0.4, -0.2) is 57.9 Å². The summed E-state index contributed by atoms with van der Waals surface area (Å²) in [5.74, 6) is 0.269. The SMILES string of the molecule is CCC(=O)N1CCC2CCCC(CN(C(=O)Cn3ccc4ccccc43)Cc3ccccc31)N2CC. The van der Waals surface area contributed by atoms with Gasteiger partial charge >= 0.3 is 0 Å². The van der Waals surface area contributed by atoms with E-state index in [1.807, 2.05) is 53.3 Å². The van der Waals surface area contributed by atoms with Crippen molar-refractivity contribution in [3.05, 3.63) is 66.4 Å². The molecule has 6 nitrogen and oxygen atoms in total. The first-order chi connectivity index (χ1) is 17.6. The number of piperidine rings is 1. The second kappa shape index (κ2) is 10.9. The number of likely N-dealkylation sites (N-methyl/N-ethyl adjacent to an activating group) is 1. The lowest BCUT2D eigenvalue weighted by Gasteiger charge is -2.43. The molecule has 2 unspecified atom stereocenters. The summed E-state index contributed by atoms with van der Waals surface area (Å²) in [6, 6.07) is 19.2. The Hall–Kier alpha value is -3.12. The minimum atomic E-state index is 0.122. The highest BCUT2D eigenvalue weighted by Gasteiger charge is 2.34. The van der Waals surface area contributed by atoms with Gasteiger partial charge in [-0.25, -0.2) is 0 Å². The Bertz CT molecular complexity index is 1220. The lowest BCUT2D eigenvalue weighted by Crippen LogP contribution is -2.52. The number of benzene rings is 2. The lowest BCUT2D eigenvalue weighted by atomic mass is 9.93. The number of anilines is 1. The Morgan fingerprint density at radius 1 is 0.889 bits per heavy atom. The summed E-state index contributed by atoms with van der Waals surface area (Å²) in [6.07, 6.45) is 6.89. The van der Waals surface area contributed by atoms with Crippen molar-refractivity contribution in [1.82, 2.24) is 14.4 Å². The second-order valence-electron chi connectivity index (χ2n) is 10.2. The molecule has 2 aliphatic heterocycles. The van der Waals surface area contributed by atoms with Crippen molar-refractivity contribution in [2.45, 2.75) is 71.1 Å². The van der Waals surface area contributed by atoms with Crippen LogP contribution >= 0.6 is 0 Å². The van der Waals surface area contributed by atoms with E-state index in [0.717, 1.165) is 61.1 Å². The molecule has 190 valence electrons. The fourth-order valence-electron chi connectivity index (χ4n) is 6.24. The summed E-state index contributed by atoms with van der Waals surface area (Å²) in [7, 11) is 0. The van der Waals surface area contributed by atoms with E-state index in [1.54, 1.807) is 0 Å². The van der Waals surface area contributed by atoms with Gasteiger partial charge in [0.15, 0.2) is 0 Å². The summed E-state index contributed by atoms with van der Waals surface area (Å²) in [5, 5.41) is 1.15. The minimum Gasteiger partial charge on any atom is -0.338 e. The molecule has 0 saturated carbocycles. The minimum absolute atomic E-state index is 0.122. The molecule has 1 aromatic heterocycles. The van der Waals surface area contributed by atoms with E-state index in [2.05, 4.69) is 40.7 Å². The summed E-state index contributed by atoms with van der Waals surface area (Å²) in [5.41, 5.74) is 3.08. The number of amides is 2. The first-order valence-corrected chi connectivity index (χ1v) is 13.5. The summed E-state index contributed by atoms with van der Waals surface area (Å²) in [6.45, 7) is 7.40. The van der Waals surface area contributed by atoms with Gasteiger partial charge in [0.1, 0.15) is 6.54 Å². The number of hydrogen-bond acceptors (Lipinski definition) is 3. The van der Waals surface area contributed by atoms with Crippen LogP contribution in [0.2, 0.25) is 0 Å². The predicted octanol–water partition coefficient (Wildman–Crippen LogP) is 5.06. The first-order valence-electron chi connectivity index (χ1n) is 13.5. The zero-order chi connectivity index (χ0) is 25.1. The Labute approximate surface area is 214 Å². The molecule has 2 atom stereocenters. The zero-order valence-electron chi connectivity index (χ0n) is 21.6. The zero-order valence-corrected chi connectivity index (χ0v) is 21.6. The van der Waals surface area contributed by atoms with Crippen molar-refractivity contribution < 1.29 is 9.59 Å². The Kier molecular flexibility index (Phi) is 7.42. The molecule has 5 rings (SSSR count). The quantitative estimate of drug-likeness (QED) is 0.518. The van der Waals surface area contributed by atoms with E-state index in [0.29, 0.717) is 31.6 Å². The van der Waals surface area contributed by atoms with Crippen LogP contribution in [0.3, 0.4) is 0 Å². The van der Waals surface area contributed by atoms with Crippen molar-refractivity contribution in [3.8, 4) is 0 Å². The molecular formula is C30H38N4O2. The van der Waals surface area contributed by atoms with Crippen LogP contribution in [0.1, 0.15) is 51.5 Å². The average molecular weight is 487 g/mol. The highest BCUT2D eigenvalue weighted by molar-refractivity contribution is 5.94. The largest absolute Gasteiger partial charge is 0.338 e. The highest BCUT2D eigenvalue weighted by atomic mass is 16.2. The van der Waals surface area contributed by atoms with Crippen LogP contribution in [0.25, 0.3) is 10.9 Å². The standard InChI is InChI=1S/C30H38N4O2/c1-3-29(35)34-19-17-25-12-9-13-26(33(25)4-2)21-32(20-24-11-6-8-15-28(24)34)30(36)22-31-18-16-23-10-5-7-14-27(23)31/h5-8,10-11,14-16,18,25-26H,3-4,9,12-13,17,19-22H2,1-2H3. The summed E-state index contributed by atoms with van der Waals surface area (Å²) < 4.78 is 2.06. The number of rotatable bonds is 4. The number of para-hydroxylation sites is 2. The summed E-state index contributed by atoms with van der Waals surface area (Å²) >= 11 is 0. The number of hydrogen-bond donors (Lipinski definition) is 0. The number of fused-ring (bicyclic) bond motifs is 4. The van der Waals surface area contributed by atoms with E-state index >= 15 is 0 Å². The maximum atomic E-state index is 13.9. The maximum absolute atomic E-state index is 13.9. The third-order valence-electron chi connectivity index (χ3n) is 8.08. The van der Waals surface area contributed by atoms with Crippen molar-refractivity contribution in [1.29, 1.82) is 0 Å². The van der Waals surface area contributed by atoms with E-state index in [9.17, 15) is 9.59 Å². The molecule has 0 radical (unpaired) electrons. The molecule has 1 fully saturated rings. The van der Waals surface area contributed by atoms with E-state index < -0.39 is 0 Å². The van der Waals surface area contributed by atoms with Gasteiger partial charge < -0.3 is 14.4 Å². The van der Waals surface area contributed by atoms with Crippen LogP contribution in [0.5, 0.6) is 0 Å². The van der Waals surface area contributed by atoms with Gasteiger partial charge in [-0.3, -0.25) is 14.5 Å². The molecule has 2 aromatic carbocycles. The van der Waals surface area contributed by atoms with Crippen LogP contribution in [0, 0.1) is 0 Å². The third-order valence-corrected chi connectivity index (χ3v) is 8.08. The first kappa shape index (κ1) is 24.6. The Morgan fingerprint density at radius 2 is 1.67 bits per heavy atom. The molecule has 36 heavy (non-hydrogen) atoms. The fraction of sp³-hybridized carbons (Fsp3) is 0.467. The van der Waals surface area contributed by atoms with Crippen molar-refractivity contribution >= 4 is 28.4 Å². The molecule has 6 heteroatoms. The molecule has 2 amide bonds. The number of aromatic nitrogens is 1. The lowest BCUT2D eigenvalue weighted by molar-refractivity contribution is -0.133. The van der Waals surface area contributed by atoms with Crippen LogP contribution in [-0.2, 0) is 22.7 Å². The van der Waals surface area contributed by atoms with Gasteiger partial charge in [0.2, 0.25) is 11.8 Å². The van der Waals surface area contributed by atoms with Crippen LogP contribution in [0.15, 0.2) is 60.8 Å². The number of carbonyl (C=O) groups is 2. The normalized spacial score (nSPS) is 21.2. The molecule has 0 aliphatic carbocycles. The van der Waals surface area contributed by atoms with Crippen LogP contribution < -0.4 is 4.90 Å². The topological polar surface area (TPSA) is 48.8 Å². The van der Waals surface area contributed by atoms with Gasteiger partial charge in [-0.2, -0.15) is 0 Å². The molecular weight excluding hydrogens is 448 g/mol. The molecule has 0 spiro atoms. The Balaban J connectivity index is 1.51. The fourth-order valence-corrected chi connectivity index (χ4v) is 6.24. The van der Waals surface area contributed by atoms with Gasteiger partial charge in [-0.15, -0.1) is 0 Å². The van der Waals surface area contributed by atoms with Crippen LogP contribution in [0.4, 0.5) is 5.69 Å². The summed E-state index contributed by atoms with van der Waals surface area (Å²) in [4.78, 5) is 33.6. The third kappa shape index (κ3) is 4.92. The van der Waals surface area contributed by atoms with E-state index in [1.165, 1.54) is 6.42 Å². The monoisotopic (exact) mass is 486 g/mol. The smallest absolute Gasteiger partial charge is 0.242 e. The van der Waals surface area contributed by atoms with Gasteiger partial charge in [0.25, 0.3) is 0 Å². The van der Waals surface area contributed by atoms with Gasteiger partial charge in [0, 0.05) is 55.5 Å². The Morgan fingerprint density at radius 3 is 2.50 bits per heavy atom. The van der Waals surface area contributed by atoms with Gasteiger partial charge in [-0.05, 0) is 55.0 Å². The molecule has 2 aliphatic rings. The van der Waals surface area contributed by atoms with Crippen molar-refractivity contribution in [2.24, 2.45) is 0 Å². The second-order valence-corrected chi connectivity index (χ2v) is 10.2. The molecule has 2 bridgehead atoms. The highest BCUT2D eigenvalue weighted by Crippen LogP contribution is 2.30. The molecule has 0 N–H and O–H groups in total. The average Bonchev–Trinajstić information content (AvgIpc) is 3.31. The maximum Gasteiger partial charge on any atom is 0.242 e.